The Morgan fingerprint density at radius 2 is 1.80 bits per heavy atom. The van der Waals surface area contributed by atoms with Crippen LogP contribution in [0.2, 0.25) is 18.1 Å². The molecule has 0 aromatic carbocycles. The van der Waals surface area contributed by atoms with Gasteiger partial charge in [0.05, 0.1) is 17.1 Å². The number of esters is 2. The van der Waals surface area contributed by atoms with Gasteiger partial charge in [-0.1, -0.05) is 64.8 Å². The summed E-state index contributed by atoms with van der Waals surface area (Å²) in [6.07, 6.45) is 2.80. The van der Waals surface area contributed by atoms with Gasteiger partial charge in [-0.3, -0.25) is 9.59 Å². The first-order chi connectivity index (χ1) is 17.9. The van der Waals surface area contributed by atoms with E-state index in [0.29, 0.717) is 6.42 Å². The van der Waals surface area contributed by atoms with Gasteiger partial charge in [0.2, 0.25) is 0 Å². The topological polar surface area (TPSA) is 108 Å². The summed E-state index contributed by atoms with van der Waals surface area (Å²) in [7, 11) is -2.36. The highest BCUT2D eigenvalue weighted by molar-refractivity contribution is 6.74. The van der Waals surface area contributed by atoms with Gasteiger partial charge in [0.15, 0.2) is 25.8 Å². The molecule has 0 spiro atoms. The molecule has 7 atom stereocenters. The van der Waals surface area contributed by atoms with Crippen molar-refractivity contribution < 1.29 is 38.1 Å². The van der Waals surface area contributed by atoms with Gasteiger partial charge in [-0.15, -0.1) is 6.58 Å². The summed E-state index contributed by atoms with van der Waals surface area (Å²) in [4.78, 5) is 38.8. The zero-order chi connectivity index (χ0) is 30.9. The average molecular weight is 599 g/mol. The van der Waals surface area contributed by atoms with Crippen molar-refractivity contribution in [3.63, 3.8) is 0 Å². The fourth-order valence-electron chi connectivity index (χ4n) is 6.66. The highest BCUT2D eigenvalue weighted by Gasteiger charge is 2.77. The maximum atomic E-state index is 14.3. The molecule has 0 bridgehead atoms. The standard InChI is InChI=1S/C30H47ClO8Si/c1-13-27(8)17-20(33)30(35)28(9)19(26(6,7)15-14-21(28)38-40(11,12)25(3,4)5)16-22(29(30,10)39-27)37-24(34)23(31)36-18(2)32/h13,16,21-23,35H,1,14-15,17H2,2-12H3/t21-,22-,23?,27-,28+,29+,30-/m0/s1. The number of alkyl halides is 1. The van der Waals surface area contributed by atoms with E-state index in [1.165, 1.54) is 6.08 Å². The van der Waals surface area contributed by atoms with Gasteiger partial charge < -0.3 is 23.7 Å². The van der Waals surface area contributed by atoms with Gasteiger partial charge in [-0.2, -0.15) is 0 Å². The van der Waals surface area contributed by atoms with Gasteiger partial charge >= 0.3 is 11.9 Å². The Hall–Kier alpha value is -1.52. The van der Waals surface area contributed by atoms with Crippen molar-refractivity contribution in [2.75, 3.05) is 0 Å². The zero-order valence-corrected chi connectivity index (χ0v) is 27.7. The molecule has 1 heterocycles. The number of rotatable bonds is 6. The minimum Gasteiger partial charge on any atom is -0.451 e. The molecule has 2 fully saturated rings. The number of carbonyl (C=O) groups excluding carboxylic acids is 3. The lowest BCUT2D eigenvalue weighted by Crippen LogP contribution is -2.81. The molecular weight excluding hydrogens is 552 g/mol. The Kier molecular flexibility index (Phi) is 8.28. The van der Waals surface area contributed by atoms with Crippen molar-refractivity contribution in [1.29, 1.82) is 0 Å². The predicted molar refractivity (Wildman–Crippen MR) is 155 cm³/mol. The lowest BCUT2D eigenvalue weighted by atomic mass is 9.44. The molecule has 1 aliphatic heterocycles. The fraction of sp³-hybridized carbons (Fsp3) is 0.767. The van der Waals surface area contributed by atoms with Crippen molar-refractivity contribution in [1.82, 2.24) is 0 Å². The van der Waals surface area contributed by atoms with Crippen LogP contribution >= 0.6 is 11.6 Å². The van der Waals surface area contributed by atoms with Gasteiger partial charge in [0, 0.05) is 13.3 Å². The molecule has 3 aliphatic rings. The minimum absolute atomic E-state index is 0.112. The number of halogens is 1. The first-order valence-electron chi connectivity index (χ1n) is 13.9. The van der Waals surface area contributed by atoms with Crippen molar-refractivity contribution in [3.05, 3.63) is 24.3 Å². The maximum Gasteiger partial charge on any atom is 0.364 e. The summed E-state index contributed by atoms with van der Waals surface area (Å²) >= 11 is 6.03. The molecule has 10 heteroatoms. The Balaban J connectivity index is 2.30. The summed E-state index contributed by atoms with van der Waals surface area (Å²) in [6.45, 7) is 25.0. The lowest BCUT2D eigenvalue weighted by molar-refractivity contribution is -0.304. The second-order valence-electron chi connectivity index (χ2n) is 14.4. The Labute approximate surface area is 244 Å². The average Bonchev–Trinajstić information content (AvgIpc) is 2.79. The SMILES string of the molecule is C=C[C@@]1(C)CC(=O)[C@@]2(O)[C@](C)(O1)[C@@H](OC(=O)C(Cl)OC(C)=O)C=C1C(C)(C)CC[C@H](O[Si](C)(C)C(C)(C)C)[C@@]12C. The van der Waals surface area contributed by atoms with E-state index in [-0.39, 0.29) is 11.5 Å². The smallest absolute Gasteiger partial charge is 0.364 e. The highest BCUT2D eigenvalue weighted by atomic mass is 35.5. The van der Waals surface area contributed by atoms with Crippen LogP contribution in [0.4, 0.5) is 0 Å². The third kappa shape index (κ3) is 4.93. The number of ketones is 1. The fourth-order valence-corrected chi connectivity index (χ4v) is 8.25. The third-order valence-electron chi connectivity index (χ3n) is 10.0. The van der Waals surface area contributed by atoms with Gasteiger partial charge in [0.25, 0.3) is 5.56 Å². The monoisotopic (exact) mass is 598 g/mol. The quantitative estimate of drug-likeness (QED) is 0.182. The number of hydrogen-bond donors (Lipinski definition) is 1. The van der Waals surface area contributed by atoms with Crippen molar-refractivity contribution in [2.24, 2.45) is 10.8 Å². The van der Waals surface area contributed by atoms with Crippen LogP contribution in [0, 0.1) is 10.8 Å². The maximum absolute atomic E-state index is 14.3. The largest absolute Gasteiger partial charge is 0.451 e. The van der Waals surface area contributed by atoms with Crippen LogP contribution in [0.3, 0.4) is 0 Å². The van der Waals surface area contributed by atoms with Crippen molar-refractivity contribution in [3.8, 4) is 0 Å². The first kappa shape index (κ1) is 33.0. The summed E-state index contributed by atoms with van der Waals surface area (Å²) in [5, 5.41) is 12.8. The first-order valence-corrected chi connectivity index (χ1v) is 17.3. The van der Waals surface area contributed by atoms with Crippen LogP contribution in [-0.4, -0.2) is 65.7 Å². The summed E-state index contributed by atoms with van der Waals surface area (Å²) in [6, 6.07) is 0. The van der Waals surface area contributed by atoms with E-state index < -0.39 is 71.4 Å². The number of Topliss-reactive ketones (excluding diaryl/α,β-unsaturated/α-hetero) is 1. The minimum atomic E-state index is -2.36. The molecule has 1 unspecified atom stereocenters. The molecule has 2 aliphatic carbocycles. The van der Waals surface area contributed by atoms with Gasteiger partial charge in [-0.05, 0) is 56.3 Å². The molecule has 0 radical (unpaired) electrons. The summed E-state index contributed by atoms with van der Waals surface area (Å²) < 4.78 is 24.3. The van der Waals surface area contributed by atoms with Gasteiger partial charge in [-0.25, -0.2) is 4.79 Å². The number of aliphatic hydroxyl groups is 1. The molecule has 1 N–H and O–H groups in total. The van der Waals surface area contributed by atoms with Crippen LogP contribution in [0.15, 0.2) is 24.3 Å². The number of fused-ring (bicyclic) bond motifs is 3. The normalized spacial score (nSPS) is 38.3. The van der Waals surface area contributed by atoms with Crippen LogP contribution in [-0.2, 0) is 33.0 Å². The van der Waals surface area contributed by atoms with Crippen LogP contribution in [0.25, 0.3) is 0 Å². The van der Waals surface area contributed by atoms with Crippen LogP contribution in [0.1, 0.15) is 81.6 Å². The number of ether oxygens (including phenoxy) is 3. The molecular formula is C30H47ClO8Si. The Bertz CT molecular complexity index is 1130. The molecule has 3 rings (SSSR count). The van der Waals surface area contributed by atoms with E-state index in [1.807, 2.05) is 6.92 Å². The van der Waals surface area contributed by atoms with E-state index >= 15 is 0 Å². The number of hydrogen-bond acceptors (Lipinski definition) is 8. The summed E-state index contributed by atoms with van der Waals surface area (Å²) in [5.41, 5.74) is -7.68. The van der Waals surface area contributed by atoms with E-state index in [4.69, 9.17) is 30.2 Å². The third-order valence-corrected chi connectivity index (χ3v) is 14.8. The Morgan fingerprint density at radius 3 is 2.30 bits per heavy atom. The van der Waals surface area contributed by atoms with Crippen LogP contribution < -0.4 is 0 Å². The molecule has 0 amide bonds. The van der Waals surface area contributed by atoms with E-state index in [2.05, 4.69) is 54.3 Å². The molecule has 1 saturated heterocycles. The van der Waals surface area contributed by atoms with E-state index in [9.17, 15) is 19.5 Å². The lowest BCUT2D eigenvalue weighted by Gasteiger charge is -2.68. The van der Waals surface area contributed by atoms with Crippen molar-refractivity contribution >= 4 is 37.6 Å². The predicted octanol–water partition coefficient (Wildman–Crippen LogP) is 5.61. The second kappa shape index (κ2) is 10.0. The molecule has 0 aromatic rings. The summed E-state index contributed by atoms with van der Waals surface area (Å²) in [5.74, 6) is -2.23. The Morgan fingerprint density at radius 1 is 1.23 bits per heavy atom. The van der Waals surface area contributed by atoms with Gasteiger partial charge in [0.1, 0.15) is 5.60 Å². The van der Waals surface area contributed by atoms with E-state index in [0.717, 1.165) is 18.9 Å². The van der Waals surface area contributed by atoms with E-state index in [1.54, 1.807) is 19.9 Å². The molecule has 0 aromatic heterocycles. The van der Waals surface area contributed by atoms with Crippen LogP contribution in [0.5, 0.6) is 0 Å². The molecule has 40 heavy (non-hydrogen) atoms. The molecule has 226 valence electrons. The number of carbonyl (C=O) groups is 3. The second-order valence-corrected chi connectivity index (χ2v) is 19.5. The molecule has 8 nitrogen and oxygen atoms in total. The zero-order valence-electron chi connectivity index (χ0n) is 25.9. The molecule has 1 saturated carbocycles. The highest BCUT2D eigenvalue weighted by Crippen LogP contribution is 2.66. The van der Waals surface area contributed by atoms with Crippen molar-refractivity contribution in [2.45, 2.75) is 134 Å².